The van der Waals surface area contributed by atoms with Gasteiger partial charge in [-0.2, -0.15) is 0 Å². The Morgan fingerprint density at radius 3 is 2.58 bits per heavy atom. The summed E-state index contributed by atoms with van der Waals surface area (Å²) in [5.74, 6) is 0.339. The Labute approximate surface area is 116 Å². The molecule has 1 aliphatic rings. The van der Waals surface area contributed by atoms with Crippen LogP contribution in [0.2, 0.25) is 0 Å². The van der Waals surface area contributed by atoms with Crippen LogP contribution in [0, 0.1) is 19.8 Å². The Kier molecular flexibility index (Phi) is 3.82. The Hall–Kier alpha value is -1.14. The van der Waals surface area contributed by atoms with Crippen LogP contribution in [-0.2, 0) is 11.3 Å². The Morgan fingerprint density at radius 2 is 2.16 bits per heavy atom. The number of aromatic nitrogens is 1. The largest absolute Gasteiger partial charge is 0.348 e. The monoisotopic (exact) mass is 283 g/mol. The lowest BCUT2D eigenvalue weighted by Crippen LogP contribution is -2.54. The molecule has 0 spiro atoms. The van der Waals surface area contributed by atoms with Gasteiger partial charge in [-0.05, 0) is 39.5 Å². The molecule has 1 aromatic heterocycles. The molecule has 0 bridgehead atoms. The van der Waals surface area contributed by atoms with Crippen molar-refractivity contribution in [1.82, 2.24) is 9.88 Å². The second-order valence-electron chi connectivity index (χ2n) is 5.54. The highest BCUT2D eigenvalue weighted by molar-refractivity contribution is 7.09. The zero-order valence-electron chi connectivity index (χ0n) is 11.7. The van der Waals surface area contributed by atoms with Crippen LogP contribution >= 0.6 is 11.3 Å². The fourth-order valence-corrected chi connectivity index (χ4v) is 3.14. The molecule has 1 atom stereocenters. The molecule has 1 saturated carbocycles. The van der Waals surface area contributed by atoms with Crippen molar-refractivity contribution in [2.75, 3.05) is 6.54 Å². The minimum absolute atomic E-state index is 0.0778. The van der Waals surface area contributed by atoms with Crippen LogP contribution in [0.5, 0.6) is 0 Å². The fourth-order valence-electron chi connectivity index (χ4n) is 2.31. The zero-order valence-corrected chi connectivity index (χ0v) is 12.5. The van der Waals surface area contributed by atoms with Gasteiger partial charge in [0.15, 0.2) is 0 Å². The van der Waals surface area contributed by atoms with E-state index in [4.69, 9.17) is 5.73 Å². The molecule has 1 unspecified atom stereocenters. The lowest BCUT2D eigenvalue weighted by Gasteiger charge is -2.29. The first kappa shape index (κ1) is 14.3. The van der Waals surface area contributed by atoms with Gasteiger partial charge in [-0.25, -0.2) is 0 Å². The standard InChI is InChI=1S/C13H21N3O2S/c1-8-9(2)19-12(18)16(8)6-11(17)15-13(3,7-14)10-4-5-10/h10H,4-7,14H2,1-3H3,(H,15,17). The van der Waals surface area contributed by atoms with Gasteiger partial charge in [-0.15, -0.1) is 0 Å². The average molecular weight is 283 g/mol. The van der Waals surface area contributed by atoms with Gasteiger partial charge in [0.1, 0.15) is 6.54 Å². The number of carbonyl (C=O) groups excluding carboxylic acids is 1. The van der Waals surface area contributed by atoms with Crippen molar-refractivity contribution in [3.63, 3.8) is 0 Å². The quantitative estimate of drug-likeness (QED) is 0.838. The molecule has 1 heterocycles. The van der Waals surface area contributed by atoms with Crippen LogP contribution in [0.25, 0.3) is 0 Å². The van der Waals surface area contributed by atoms with Gasteiger partial charge >= 0.3 is 4.87 Å². The SMILES string of the molecule is Cc1sc(=O)n(CC(=O)NC(C)(CN)C2CC2)c1C. The lowest BCUT2D eigenvalue weighted by atomic mass is 9.96. The summed E-state index contributed by atoms with van der Waals surface area (Å²) < 4.78 is 1.53. The number of thiazole rings is 1. The van der Waals surface area contributed by atoms with E-state index < -0.39 is 0 Å². The molecule has 1 fully saturated rings. The van der Waals surface area contributed by atoms with Crippen molar-refractivity contribution in [1.29, 1.82) is 0 Å². The molecule has 0 aliphatic heterocycles. The maximum atomic E-state index is 12.1. The highest BCUT2D eigenvalue weighted by Crippen LogP contribution is 2.38. The molecule has 0 saturated heterocycles. The summed E-state index contributed by atoms with van der Waals surface area (Å²) in [4.78, 5) is 24.7. The van der Waals surface area contributed by atoms with Crippen LogP contribution in [0.1, 0.15) is 30.3 Å². The number of carbonyl (C=O) groups is 1. The van der Waals surface area contributed by atoms with Crippen LogP contribution in [-0.4, -0.2) is 22.6 Å². The summed E-state index contributed by atoms with van der Waals surface area (Å²) in [6.07, 6.45) is 2.23. The highest BCUT2D eigenvalue weighted by Gasteiger charge is 2.41. The molecule has 106 valence electrons. The summed E-state index contributed by atoms with van der Waals surface area (Å²) in [7, 11) is 0. The number of rotatable bonds is 5. The van der Waals surface area contributed by atoms with Crippen LogP contribution in [0.3, 0.4) is 0 Å². The molecule has 19 heavy (non-hydrogen) atoms. The van der Waals surface area contributed by atoms with Crippen LogP contribution < -0.4 is 15.9 Å². The first-order valence-corrected chi connectivity index (χ1v) is 7.37. The smallest absolute Gasteiger partial charge is 0.308 e. The van der Waals surface area contributed by atoms with Crippen molar-refractivity contribution >= 4 is 17.2 Å². The Morgan fingerprint density at radius 1 is 1.53 bits per heavy atom. The third kappa shape index (κ3) is 2.90. The van der Waals surface area contributed by atoms with Gasteiger partial charge in [-0.3, -0.25) is 14.2 Å². The molecule has 3 N–H and O–H groups in total. The molecule has 0 radical (unpaired) electrons. The van der Waals surface area contributed by atoms with E-state index in [0.717, 1.165) is 23.4 Å². The first-order chi connectivity index (χ1) is 8.87. The van der Waals surface area contributed by atoms with Crippen molar-refractivity contribution in [3.8, 4) is 0 Å². The summed E-state index contributed by atoms with van der Waals surface area (Å²) >= 11 is 1.18. The summed E-state index contributed by atoms with van der Waals surface area (Å²) in [5.41, 5.74) is 6.31. The summed E-state index contributed by atoms with van der Waals surface area (Å²) in [5, 5.41) is 3.00. The second-order valence-corrected chi connectivity index (χ2v) is 6.71. The van der Waals surface area contributed by atoms with E-state index in [1.54, 1.807) is 0 Å². The van der Waals surface area contributed by atoms with Gasteiger partial charge in [0.25, 0.3) is 0 Å². The molecular weight excluding hydrogens is 262 g/mol. The lowest BCUT2D eigenvalue weighted by molar-refractivity contribution is -0.123. The number of nitrogens with zero attached hydrogens (tertiary/aromatic N) is 1. The van der Waals surface area contributed by atoms with Gasteiger partial charge in [0.2, 0.25) is 5.91 Å². The molecule has 0 aromatic carbocycles. The number of hydrogen-bond acceptors (Lipinski definition) is 4. The van der Waals surface area contributed by atoms with Gasteiger partial charge in [0.05, 0.1) is 5.54 Å². The van der Waals surface area contributed by atoms with E-state index in [0.29, 0.717) is 12.5 Å². The maximum absolute atomic E-state index is 12.1. The van der Waals surface area contributed by atoms with Crippen LogP contribution in [0.4, 0.5) is 0 Å². The topological polar surface area (TPSA) is 77.1 Å². The molecule has 1 amide bonds. The number of hydrogen-bond donors (Lipinski definition) is 2. The van der Waals surface area contributed by atoms with Crippen molar-refractivity contribution < 1.29 is 4.79 Å². The minimum Gasteiger partial charge on any atom is -0.348 e. The summed E-state index contributed by atoms with van der Waals surface area (Å²) in [6.45, 7) is 6.25. The van der Waals surface area contributed by atoms with E-state index in [1.807, 2.05) is 20.8 Å². The fraction of sp³-hybridized carbons (Fsp3) is 0.692. The normalized spacial score (nSPS) is 18.1. The highest BCUT2D eigenvalue weighted by atomic mass is 32.1. The van der Waals surface area contributed by atoms with E-state index in [2.05, 4.69) is 5.32 Å². The van der Waals surface area contributed by atoms with Gasteiger partial charge in [-0.1, -0.05) is 11.3 Å². The minimum atomic E-state index is -0.334. The predicted octanol–water partition coefficient (Wildman–Crippen LogP) is 0.770. The summed E-state index contributed by atoms with van der Waals surface area (Å²) in [6, 6.07) is 0. The van der Waals surface area contributed by atoms with Crippen molar-refractivity contribution in [2.45, 2.75) is 45.7 Å². The molecule has 6 heteroatoms. The van der Waals surface area contributed by atoms with E-state index in [1.165, 1.54) is 15.9 Å². The third-order valence-electron chi connectivity index (χ3n) is 4.00. The number of aryl methyl sites for hydroxylation is 1. The number of nitrogens with two attached hydrogens (primary N) is 1. The van der Waals surface area contributed by atoms with Crippen molar-refractivity contribution in [2.24, 2.45) is 11.7 Å². The van der Waals surface area contributed by atoms with E-state index in [9.17, 15) is 9.59 Å². The van der Waals surface area contributed by atoms with Crippen molar-refractivity contribution in [3.05, 3.63) is 20.2 Å². The Balaban J connectivity index is 2.07. The second kappa shape index (κ2) is 5.09. The maximum Gasteiger partial charge on any atom is 0.308 e. The third-order valence-corrected chi connectivity index (χ3v) is 5.00. The Bertz CT molecular complexity index is 545. The van der Waals surface area contributed by atoms with E-state index >= 15 is 0 Å². The molecule has 2 rings (SSSR count). The number of nitrogens with one attached hydrogen (secondary N) is 1. The zero-order chi connectivity index (χ0) is 14.2. The predicted molar refractivity (Wildman–Crippen MR) is 76.4 cm³/mol. The molecule has 5 nitrogen and oxygen atoms in total. The molecular formula is C13H21N3O2S. The van der Waals surface area contributed by atoms with Crippen LogP contribution in [0.15, 0.2) is 4.79 Å². The van der Waals surface area contributed by atoms with Gasteiger partial charge in [0, 0.05) is 17.1 Å². The van der Waals surface area contributed by atoms with Gasteiger partial charge < -0.3 is 11.1 Å². The molecule has 1 aromatic rings. The van der Waals surface area contributed by atoms with E-state index in [-0.39, 0.29) is 22.9 Å². The number of amides is 1. The first-order valence-electron chi connectivity index (χ1n) is 6.55. The molecule has 1 aliphatic carbocycles. The average Bonchev–Trinajstić information content (AvgIpc) is 3.15.